The number of nitrogens with one attached hydrogen (secondary N) is 2. The Labute approximate surface area is 215 Å². The summed E-state index contributed by atoms with van der Waals surface area (Å²) in [6.45, 7) is 0.513. The highest BCUT2D eigenvalue weighted by Gasteiger charge is 2.59. The molecule has 3 fully saturated rings. The van der Waals surface area contributed by atoms with E-state index in [1.165, 1.54) is 6.42 Å². The number of amides is 2. The van der Waals surface area contributed by atoms with Crippen LogP contribution >= 0.6 is 34.8 Å². The Hall–Kier alpha value is -1.75. The molecular formula is C27H29Cl3N2O2. The van der Waals surface area contributed by atoms with Crippen molar-refractivity contribution in [3.8, 4) is 0 Å². The first-order chi connectivity index (χ1) is 16.4. The maximum Gasteiger partial charge on any atom is 0.246 e. The van der Waals surface area contributed by atoms with Gasteiger partial charge < -0.3 is 10.6 Å². The first-order valence-electron chi connectivity index (χ1n) is 12.2. The van der Waals surface area contributed by atoms with E-state index in [0.29, 0.717) is 28.0 Å². The van der Waals surface area contributed by atoms with Gasteiger partial charge in [-0.25, -0.2) is 0 Å². The zero-order valence-corrected chi connectivity index (χ0v) is 21.2. The Bertz CT molecular complexity index is 1080. The molecule has 0 radical (unpaired) electrons. The van der Waals surface area contributed by atoms with Crippen LogP contribution in [0.5, 0.6) is 0 Å². The fraction of sp³-hybridized carbons (Fsp3) is 0.481. The lowest BCUT2D eigenvalue weighted by atomic mass is 9.60. The molecule has 0 spiro atoms. The maximum absolute atomic E-state index is 13.3. The summed E-state index contributed by atoms with van der Waals surface area (Å²) in [5.74, 6) is -0.0756. The standard InChI is InChI=1S/C27H29Cl3N2O2/c28-18-8-6-16(7-9-18)24-21(20-11-10-19(29)14-23(20)30)12-13-27(22(24)15-31-26(27)34)32-25(33)17-4-2-1-3-5-17/h6-11,14,17,21-22,24H,1-5,12-13,15H2,(H,31,34)(H,32,33)/t21-,22-,24-,27-/m0/s1. The minimum absolute atomic E-state index is 0.00501. The molecule has 4 atom stereocenters. The highest BCUT2D eigenvalue weighted by molar-refractivity contribution is 6.35. The van der Waals surface area contributed by atoms with Gasteiger partial charge in [0.25, 0.3) is 0 Å². The number of benzene rings is 2. The zero-order valence-electron chi connectivity index (χ0n) is 19.0. The molecule has 7 heteroatoms. The molecule has 2 N–H and O–H groups in total. The number of hydrogen-bond acceptors (Lipinski definition) is 2. The van der Waals surface area contributed by atoms with Gasteiger partial charge in [-0.05, 0) is 72.9 Å². The van der Waals surface area contributed by atoms with Crippen molar-refractivity contribution >= 4 is 46.6 Å². The first-order valence-corrected chi connectivity index (χ1v) is 13.3. The van der Waals surface area contributed by atoms with Crippen molar-refractivity contribution in [1.29, 1.82) is 0 Å². The van der Waals surface area contributed by atoms with Crippen molar-refractivity contribution in [2.75, 3.05) is 6.54 Å². The number of rotatable bonds is 4. The largest absolute Gasteiger partial charge is 0.354 e. The van der Waals surface area contributed by atoms with Crippen LogP contribution in [-0.2, 0) is 9.59 Å². The number of carbonyl (C=O) groups is 2. The Kier molecular flexibility index (Phi) is 6.85. The zero-order chi connectivity index (χ0) is 23.9. The van der Waals surface area contributed by atoms with Crippen molar-refractivity contribution in [2.45, 2.75) is 62.3 Å². The van der Waals surface area contributed by atoms with Gasteiger partial charge in [0.1, 0.15) is 5.54 Å². The summed E-state index contributed by atoms with van der Waals surface area (Å²) in [5, 5.41) is 8.27. The smallest absolute Gasteiger partial charge is 0.246 e. The third kappa shape index (κ3) is 4.34. The van der Waals surface area contributed by atoms with E-state index in [0.717, 1.165) is 43.2 Å². The van der Waals surface area contributed by atoms with E-state index in [-0.39, 0.29) is 35.5 Å². The van der Waals surface area contributed by atoms with E-state index in [1.54, 1.807) is 6.07 Å². The molecule has 2 aromatic rings. The van der Waals surface area contributed by atoms with Gasteiger partial charge in [-0.15, -0.1) is 0 Å². The van der Waals surface area contributed by atoms with Gasteiger partial charge in [-0.3, -0.25) is 9.59 Å². The fourth-order valence-corrected chi connectivity index (χ4v) is 7.15. The van der Waals surface area contributed by atoms with Crippen molar-refractivity contribution in [2.24, 2.45) is 11.8 Å². The van der Waals surface area contributed by atoms with Crippen molar-refractivity contribution in [3.63, 3.8) is 0 Å². The molecule has 3 aliphatic rings. The average Bonchev–Trinajstić information content (AvgIpc) is 3.16. The lowest BCUT2D eigenvalue weighted by Gasteiger charge is -2.47. The first kappa shape index (κ1) is 24.0. The normalized spacial score (nSPS) is 29.4. The fourth-order valence-electron chi connectivity index (χ4n) is 6.48. The third-order valence-electron chi connectivity index (χ3n) is 8.18. The summed E-state index contributed by atoms with van der Waals surface area (Å²) >= 11 is 19.1. The Morgan fingerprint density at radius 3 is 2.35 bits per heavy atom. The highest BCUT2D eigenvalue weighted by Crippen LogP contribution is 2.54. The number of carbonyl (C=O) groups excluding carboxylic acids is 2. The summed E-state index contributed by atoms with van der Waals surface area (Å²) in [5.41, 5.74) is 1.21. The van der Waals surface area contributed by atoms with Crippen molar-refractivity contribution < 1.29 is 9.59 Å². The van der Waals surface area contributed by atoms with Gasteiger partial charge in [-0.1, -0.05) is 72.3 Å². The molecule has 1 aliphatic heterocycles. The topological polar surface area (TPSA) is 58.2 Å². The molecular weight excluding hydrogens is 491 g/mol. The minimum Gasteiger partial charge on any atom is -0.354 e. The van der Waals surface area contributed by atoms with Gasteiger partial charge in [-0.2, -0.15) is 0 Å². The minimum atomic E-state index is -0.908. The third-order valence-corrected chi connectivity index (χ3v) is 8.99. The second-order valence-corrected chi connectivity index (χ2v) is 11.3. The number of fused-ring (bicyclic) bond motifs is 1. The van der Waals surface area contributed by atoms with Gasteiger partial charge in [0.15, 0.2) is 0 Å². The van der Waals surface area contributed by atoms with E-state index < -0.39 is 5.54 Å². The molecule has 34 heavy (non-hydrogen) atoms. The van der Waals surface area contributed by atoms with Crippen LogP contribution in [0.1, 0.15) is 67.9 Å². The molecule has 2 aromatic carbocycles. The lowest BCUT2D eigenvalue weighted by Crippen LogP contribution is -2.61. The number of hydrogen-bond donors (Lipinski definition) is 2. The van der Waals surface area contributed by atoms with Crippen LogP contribution in [0.2, 0.25) is 15.1 Å². The summed E-state index contributed by atoms with van der Waals surface area (Å²) in [4.78, 5) is 26.7. The molecule has 2 amide bonds. The monoisotopic (exact) mass is 518 g/mol. The average molecular weight is 520 g/mol. The van der Waals surface area contributed by atoms with Crippen molar-refractivity contribution in [1.82, 2.24) is 10.6 Å². The molecule has 4 nitrogen and oxygen atoms in total. The Balaban J connectivity index is 1.54. The SMILES string of the molecule is O=C(N[C@@]12CC[C@@H](c3ccc(Cl)cc3Cl)[C@H](c3ccc(Cl)cc3)[C@@H]1CNC2=O)C1CCCCC1. The molecule has 0 unspecified atom stereocenters. The molecule has 180 valence electrons. The van der Waals surface area contributed by atoms with Gasteiger partial charge in [0.05, 0.1) is 0 Å². The van der Waals surface area contributed by atoms with Gasteiger partial charge >= 0.3 is 0 Å². The van der Waals surface area contributed by atoms with Crippen LogP contribution in [0.15, 0.2) is 42.5 Å². The lowest BCUT2D eigenvalue weighted by molar-refractivity contribution is -0.136. The van der Waals surface area contributed by atoms with Crippen molar-refractivity contribution in [3.05, 3.63) is 68.7 Å². The summed E-state index contributed by atoms with van der Waals surface area (Å²) < 4.78 is 0. The Morgan fingerprint density at radius 1 is 0.941 bits per heavy atom. The molecule has 2 aliphatic carbocycles. The number of halogens is 3. The van der Waals surface area contributed by atoms with E-state index in [1.807, 2.05) is 36.4 Å². The van der Waals surface area contributed by atoms with Crippen LogP contribution in [0.3, 0.4) is 0 Å². The molecule has 2 saturated carbocycles. The quantitative estimate of drug-likeness (QED) is 0.485. The summed E-state index contributed by atoms with van der Waals surface area (Å²) in [6.07, 6.45) is 6.44. The predicted octanol–water partition coefficient (Wildman–Crippen LogP) is 6.49. The molecule has 1 saturated heterocycles. The van der Waals surface area contributed by atoms with Crippen LogP contribution in [0.25, 0.3) is 0 Å². The summed E-state index contributed by atoms with van der Waals surface area (Å²) in [6, 6.07) is 13.5. The second kappa shape index (κ2) is 9.72. The molecule has 1 heterocycles. The van der Waals surface area contributed by atoms with Gasteiger partial charge in [0.2, 0.25) is 11.8 Å². The maximum atomic E-state index is 13.3. The molecule has 5 rings (SSSR count). The molecule has 0 aromatic heterocycles. The second-order valence-electron chi connectivity index (χ2n) is 10.0. The van der Waals surface area contributed by atoms with E-state index in [4.69, 9.17) is 34.8 Å². The predicted molar refractivity (Wildman–Crippen MR) is 137 cm³/mol. The molecule has 0 bridgehead atoms. The van der Waals surface area contributed by atoms with E-state index in [9.17, 15) is 9.59 Å². The van der Waals surface area contributed by atoms with Crippen LogP contribution < -0.4 is 10.6 Å². The summed E-state index contributed by atoms with van der Waals surface area (Å²) in [7, 11) is 0. The highest BCUT2D eigenvalue weighted by atomic mass is 35.5. The van der Waals surface area contributed by atoms with E-state index in [2.05, 4.69) is 10.6 Å². The van der Waals surface area contributed by atoms with Crippen LogP contribution in [-0.4, -0.2) is 23.9 Å². The van der Waals surface area contributed by atoms with Crippen LogP contribution in [0, 0.1) is 11.8 Å². The van der Waals surface area contributed by atoms with E-state index >= 15 is 0 Å². The van der Waals surface area contributed by atoms with Crippen LogP contribution in [0.4, 0.5) is 0 Å². The van der Waals surface area contributed by atoms with Gasteiger partial charge in [0, 0.05) is 33.4 Å². The Morgan fingerprint density at radius 2 is 1.65 bits per heavy atom.